The summed E-state index contributed by atoms with van der Waals surface area (Å²) in [4.78, 5) is 11.1. The Morgan fingerprint density at radius 1 is 1.14 bits per heavy atom. The number of rotatable bonds is 13. The van der Waals surface area contributed by atoms with Gasteiger partial charge in [0.2, 0.25) is 0 Å². The van der Waals surface area contributed by atoms with E-state index < -0.39 is 18.3 Å². The van der Waals surface area contributed by atoms with E-state index >= 15 is 0 Å². The monoisotopic (exact) mass is 406 g/mol. The van der Waals surface area contributed by atoms with Gasteiger partial charge < -0.3 is 20.1 Å². The molecule has 0 aliphatic heterocycles. The molecule has 0 saturated carbocycles. The van der Waals surface area contributed by atoms with E-state index in [1.165, 1.54) is 12.7 Å². The number of unbranched alkanes of at least 4 members (excludes halogenated alkanes) is 2. The molecule has 3 N–H and O–H groups in total. The molecule has 0 radical (unpaired) electrons. The van der Waals surface area contributed by atoms with Crippen molar-refractivity contribution >= 4 is 5.97 Å². The molecule has 3 atom stereocenters. The second-order valence-corrected chi connectivity index (χ2v) is 7.65. The molecule has 0 aromatic rings. The average Bonchev–Trinajstić information content (AvgIpc) is 2.72. The maximum Gasteiger partial charge on any atom is 0.305 e. The minimum Gasteiger partial charge on any atom is -0.469 e. The highest BCUT2D eigenvalue weighted by atomic mass is 16.5. The van der Waals surface area contributed by atoms with Crippen LogP contribution in [0, 0.1) is 0 Å². The largest absolute Gasteiger partial charge is 0.469 e. The van der Waals surface area contributed by atoms with Crippen molar-refractivity contribution in [1.82, 2.24) is 0 Å². The van der Waals surface area contributed by atoms with Crippen molar-refractivity contribution in [2.45, 2.75) is 89.4 Å². The van der Waals surface area contributed by atoms with E-state index in [9.17, 15) is 20.1 Å². The van der Waals surface area contributed by atoms with Gasteiger partial charge in [-0.25, -0.2) is 0 Å². The fraction of sp³-hybridized carbons (Fsp3) is 0.625. The quantitative estimate of drug-likeness (QED) is 0.316. The van der Waals surface area contributed by atoms with Crippen LogP contribution >= 0.6 is 0 Å². The van der Waals surface area contributed by atoms with Crippen molar-refractivity contribution in [3.05, 3.63) is 47.6 Å². The summed E-state index contributed by atoms with van der Waals surface area (Å²) in [6, 6.07) is 0. The summed E-state index contributed by atoms with van der Waals surface area (Å²) in [5.41, 5.74) is 2.31. The Labute approximate surface area is 175 Å². The maximum absolute atomic E-state index is 11.1. The molecule has 29 heavy (non-hydrogen) atoms. The van der Waals surface area contributed by atoms with E-state index in [4.69, 9.17) is 0 Å². The lowest BCUT2D eigenvalue weighted by atomic mass is 9.94. The Hall–Kier alpha value is -1.69. The Morgan fingerprint density at radius 2 is 1.93 bits per heavy atom. The van der Waals surface area contributed by atoms with Crippen LogP contribution in [0.4, 0.5) is 0 Å². The van der Waals surface area contributed by atoms with Crippen LogP contribution in [0.1, 0.15) is 71.1 Å². The third-order valence-corrected chi connectivity index (χ3v) is 5.06. The molecule has 0 spiro atoms. The molecule has 1 rings (SSSR count). The molecule has 0 aromatic heterocycles. The third kappa shape index (κ3) is 11.8. The van der Waals surface area contributed by atoms with Crippen LogP contribution in [0.5, 0.6) is 0 Å². The number of methoxy groups -OCH3 is 1. The van der Waals surface area contributed by atoms with E-state index in [2.05, 4.69) is 17.7 Å². The van der Waals surface area contributed by atoms with E-state index in [-0.39, 0.29) is 5.97 Å². The van der Waals surface area contributed by atoms with E-state index in [1.54, 1.807) is 12.2 Å². The summed E-state index contributed by atoms with van der Waals surface area (Å²) >= 11 is 0. The summed E-state index contributed by atoms with van der Waals surface area (Å²) in [5, 5.41) is 30.0. The second-order valence-electron chi connectivity index (χ2n) is 7.65. The van der Waals surface area contributed by atoms with Crippen molar-refractivity contribution in [3.63, 3.8) is 0 Å². The van der Waals surface area contributed by atoms with Crippen molar-refractivity contribution in [2.75, 3.05) is 7.11 Å². The minimum absolute atomic E-state index is 0.255. The number of hydrogen-bond acceptors (Lipinski definition) is 5. The van der Waals surface area contributed by atoms with Gasteiger partial charge in [0.25, 0.3) is 0 Å². The van der Waals surface area contributed by atoms with Gasteiger partial charge in [-0.3, -0.25) is 4.79 Å². The SMILES string of the molecule is CCCCC[C@H](O)[C@H](O)C=CC1=CC(=CC=C[C@@H](O)CCCC(=O)OC)CCC1. The first-order valence-electron chi connectivity index (χ1n) is 10.8. The summed E-state index contributed by atoms with van der Waals surface area (Å²) in [6.07, 6.45) is 17.3. The number of allylic oxidation sites excluding steroid dienone is 6. The second kappa shape index (κ2) is 15.2. The van der Waals surface area contributed by atoms with Crippen LogP contribution in [0.25, 0.3) is 0 Å². The maximum atomic E-state index is 11.1. The van der Waals surface area contributed by atoms with Crippen LogP contribution in [-0.2, 0) is 9.53 Å². The zero-order chi connectivity index (χ0) is 21.5. The van der Waals surface area contributed by atoms with Gasteiger partial charge >= 0.3 is 5.97 Å². The van der Waals surface area contributed by atoms with Gasteiger partial charge in [-0.15, -0.1) is 0 Å². The summed E-state index contributed by atoms with van der Waals surface area (Å²) in [6.45, 7) is 2.12. The molecular weight excluding hydrogens is 368 g/mol. The Morgan fingerprint density at radius 3 is 2.66 bits per heavy atom. The molecule has 0 heterocycles. The lowest BCUT2D eigenvalue weighted by Gasteiger charge is -2.16. The number of aliphatic hydroxyl groups excluding tert-OH is 3. The van der Waals surface area contributed by atoms with Gasteiger partial charge in [0.1, 0.15) is 0 Å². The van der Waals surface area contributed by atoms with E-state index in [0.29, 0.717) is 25.7 Å². The third-order valence-electron chi connectivity index (χ3n) is 5.06. The minimum atomic E-state index is -0.831. The van der Waals surface area contributed by atoms with Crippen molar-refractivity contribution in [1.29, 1.82) is 0 Å². The molecule has 0 saturated heterocycles. The number of carbonyl (C=O) groups is 1. The van der Waals surface area contributed by atoms with Crippen LogP contribution in [0.2, 0.25) is 0 Å². The topological polar surface area (TPSA) is 87.0 Å². The zero-order valence-electron chi connectivity index (χ0n) is 17.9. The van der Waals surface area contributed by atoms with Crippen molar-refractivity contribution in [2.24, 2.45) is 0 Å². The predicted octanol–water partition coefficient (Wildman–Crippen LogP) is 4.14. The molecule has 0 bridgehead atoms. The molecule has 0 unspecified atom stereocenters. The van der Waals surface area contributed by atoms with Gasteiger partial charge in [-0.1, -0.05) is 62.6 Å². The average molecular weight is 407 g/mol. The number of aliphatic hydroxyl groups is 3. The molecule has 1 aliphatic carbocycles. The normalized spacial score (nSPS) is 19.5. The standard InChI is InChI=1S/C24H38O5/c1-3-4-5-14-22(26)23(27)17-16-20-10-6-9-19(18-20)11-7-12-21(25)13-8-15-24(28)29-2/h7,11-12,16-18,21-23,25-27H,3-6,8-10,13-15H2,1-2H3/t21-,22+,23-/m1/s1. The van der Waals surface area contributed by atoms with Crippen LogP contribution < -0.4 is 0 Å². The molecule has 1 aliphatic rings. The summed E-state index contributed by atoms with van der Waals surface area (Å²) in [7, 11) is 1.36. The van der Waals surface area contributed by atoms with Gasteiger partial charge in [-0.2, -0.15) is 0 Å². The Bertz CT molecular complexity index is 588. The first kappa shape index (κ1) is 25.3. The van der Waals surface area contributed by atoms with Crippen LogP contribution in [0.15, 0.2) is 47.6 Å². The molecule has 5 nitrogen and oxygen atoms in total. The lowest BCUT2D eigenvalue weighted by Crippen LogP contribution is -2.23. The molecular formula is C24H38O5. The number of hydrogen-bond donors (Lipinski definition) is 3. The Balaban J connectivity index is 2.49. The van der Waals surface area contributed by atoms with Gasteiger partial charge in [0, 0.05) is 6.42 Å². The molecule has 0 amide bonds. The van der Waals surface area contributed by atoms with Crippen LogP contribution in [0.3, 0.4) is 0 Å². The lowest BCUT2D eigenvalue weighted by molar-refractivity contribution is -0.140. The van der Waals surface area contributed by atoms with Crippen molar-refractivity contribution in [3.8, 4) is 0 Å². The van der Waals surface area contributed by atoms with E-state index in [1.807, 2.05) is 18.2 Å². The number of ether oxygens (including phenoxy) is 1. The molecule has 0 aromatic carbocycles. The van der Waals surface area contributed by atoms with E-state index in [0.717, 1.165) is 44.1 Å². The van der Waals surface area contributed by atoms with Gasteiger partial charge in [-0.05, 0) is 49.7 Å². The molecule has 164 valence electrons. The van der Waals surface area contributed by atoms with Crippen LogP contribution in [-0.4, -0.2) is 46.7 Å². The molecule has 0 fully saturated rings. The summed E-state index contributed by atoms with van der Waals surface area (Å²) in [5.74, 6) is -0.255. The zero-order valence-corrected chi connectivity index (χ0v) is 17.9. The predicted molar refractivity (Wildman–Crippen MR) is 116 cm³/mol. The first-order chi connectivity index (χ1) is 14.0. The molecule has 5 heteroatoms. The highest BCUT2D eigenvalue weighted by Gasteiger charge is 2.13. The highest BCUT2D eigenvalue weighted by molar-refractivity contribution is 5.68. The van der Waals surface area contributed by atoms with Gasteiger partial charge in [0.05, 0.1) is 25.4 Å². The Kier molecular flexibility index (Phi) is 13.3. The van der Waals surface area contributed by atoms with Crippen molar-refractivity contribution < 1.29 is 24.9 Å². The first-order valence-corrected chi connectivity index (χ1v) is 10.8. The van der Waals surface area contributed by atoms with Gasteiger partial charge in [0.15, 0.2) is 0 Å². The highest BCUT2D eigenvalue weighted by Crippen LogP contribution is 2.23. The number of carbonyl (C=O) groups excluding carboxylic acids is 1. The fourth-order valence-electron chi connectivity index (χ4n) is 3.23. The number of esters is 1. The smallest absolute Gasteiger partial charge is 0.305 e. The fourth-order valence-corrected chi connectivity index (χ4v) is 3.23. The summed E-state index contributed by atoms with van der Waals surface area (Å²) < 4.78 is 4.58.